The first kappa shape index (κ1) is 24.9. The second-order valence-electron chi connectivity index (χ2n) is 7.37. The topological polar surface area (TPSA) is 42.9 Å². The van der Waals surface area contributed by atoms with Crippen molar-refractivity contribution in [3.63, 3.8) is 0 Å². The van der Waals surface area contributed by atoms with Gasteiger partial charge < -0.3 is 15.5 Å². The molecule has 1 rings (SSSR count). The number of rotatable bonds is 11. The standard InChI is InChI=1S/C19H41N5.HI/c1-6-20-19(21-11-9-15-23-13-7-8-14-23)22-12-10-16-24(17(2)3)18(4)5;/h17-18H,6-16H2,1-5H3,(H2,20,21,22);1H. The first-order chi connectivity index (χ1) is 11.5. The maximum atomic E-state index is 4.73. The molecule has 0 unspecified atom stereocenters. The molecule has 0 amide bonds. The van der Waals surface area contributed by atoms with Crippen LogP contribution in [0.5, 0.6) is 0 Å². The molecular formula is C19H42IN5. The average molecular weight is 467 g/mol. The first-order valence-electron chi connectivity index (χ1n) is 10.0. The van der Waals surface area contributed by atoms with Crippen LogP contribution in [0, 0.1) is 0 Å². The van der Waals surface area contributed by atoms with Crippen LogP contribution in [0.1, 0.15) is 60.3 Å². The largest absolute Gasteiger partial charge is 0.357 e. The van der Waals surface area contributed by atoms with Gasteiger partial charge in [-0.2, -0.15) is 0 Å². The smallest absolute Gasteiger partial charge is 0.191 e. The molecule has 1 aliphatic rings. The van der Waals surface area contributed by atoms with Crippen LogP contribution in [0.15, 0.2) is 4.99 Å². The van der Waals surface area contributed by atoms with Gasteiger partial charge in [-0.3, -0.25) is 9.89 Å². The van der Waals surface area contributed by atoms with Gasteiger partial charge in [0.1, 0.15) is 0 Å². The quantitative estimate of drug-likeness (QED) is 0.212. The van der Waals surface area contributed by atoms with Crippen LogP contribution >= 0.6 is 24.0 Å². The van der Waals surface area contributed by atoms with Gasteiger partial charge >= 0.3 is 0 Å². The molecule has 0 aromatic rings. The summed E-state index contributed by atoms with van der Waals surface area (Å²) in [6.07, 6.45) is 5.06. The number of halogens is 1. The minimum absolute atomic E-state index is 0. The van der Waals surface area contributed by atoms with Gasteiger partial charge in [-0.15, -0.1) is 24.0 Å². The zero-order chi connectivity index (χ0) is 17.8. The zero-order valence-electron chi connectivity index (χ0n) is 17.2. The van der Waals surface area contributed by atoms with Gasteiger partial charge in [-0.1, -0.05) is 0 Å². The Balaban J connectivity index is 0.00000576. The summed E-state index contributed by atoms with van der Waals surface area (Å²) >= 11 is 0. The highest BCUT2D eigenvalue weighted by atomic mass is 127. The van der Waals surface area contributed by atoms with Gasteiger partial charge in [0.15, 0.2) is 5.96 Å². The van der Waals surface area contributed by atoms with E-state index in [0.717, 1.165) is 38.6 Å². The second kappa shape index (κ2) is 15.0. The predicted molar refractivity (Wildman–Crippen MR) is 121 cm³/mol. The Morgan fingerprint density at radius 2 is 1.68 bits per heavy atom. The summed E-state index contributed by atoms with van der Waals surface area (Å²) in [5.41, 5.74) is 0. The van der Waals surface area contributed by atoms with Gasteiger partial charge in [0.05, 0.1) is 0 Å². The maximum Gasteiger partial charge on any atom is 0.191 e. The summed E-state index contributed by atoms with van der Waals surface area (Å²) in [6, 6.07) is 1.21. The minimum Gasteiger partial charge on any atom is -0.357 e. The molecule has 6 heteroatoms. The van der Waals surface area contributed by atoms with Crippen molar-refractivity contribution in [2.75, 3.05) is 45.8 Å². The number of nitrogens with zero attached hydrogens (tertiary/aromatic N) is 3. The third-order valence-corrected chi connectivity index (χ3v) is 4.66. The highest BCUT2D eigenvalue weighted by molar-refractivity contribution is 14.0. The number of nitrogens with one attached hydrogen (secondary N) is 2. The number of hydrogen-bond donors (Lipinski definition) is 2. The SMILES string of the molecule is CCNC(=NCCCN(C(C)C)C(C)C)NCCCN1CCCC1.I. The third-order valence-electron chi connectivity index (χ3n) is 4.66. The molecule has 0 bridgehead atoms. The summed E-state index contributed by atoms with van der Waals surface area (Å²) in [5.74, 6) is 0.972. The van der Waals surface area contributed by atoms with E-state index in [0.29, 0.717) is 12.1 Å². The third kappa shape index (κ3) is 11.3. The van der Waals surface area contributed by atoms with Crippen LogP contribution in [-0.4, -0.2) is 73.7 Å². The molecule has 25 heavy (non-hydrogen) atoms. The Bertz CT molecular complexity index is 333. The Hall–Kier alpha value is -0.0800. The fourth-order valence-electron chi connectivity index (χ4n) is 3.41. The Kier molecular flexibility index (Phi) is 15.0. The van der Waals surface area contributed by atoms with Crippen LogP contribution < -0.4 is 10.6 Å². The van der Waals surface area contributed by atoms with E-state index in [1.165, 1.54) is 38.9 Å². The molecule has 0 aromatic carbocycles. The van der Waals surface area contributed by atoms with Gasteiger partial charge in [0.25, 0.3) is 0 Å². The lowest BCUT2D eigenvalue weighted by Gasteiger charge is -2.30. The molecule has 1 saturated heterocycles. The van der Waals surface area contributed by atoms with Crippen molar-refractivity contribution in [1.29, 1.82) is 0 Å². The molecule has 0 atom stereocenters. The minimum atomic E-state index is 0. The normalized spacial score (nSPS) is 15.9. The monoisotopic (exact) mass is 467 g/mol. The Labute approximate surface area is 173 Å². The van der Waals surface area contributed by atoms with Crippen LogP contribution in [0.25, 0.3) is 0 Å². The lowest BCUT2D eigenvalue weighted by atomic mass is 10.2. The van der Waals surface area contributed by atoms with E-state index in [4.69, 9.17) is 4.99 Å². The van der Waals surface area contributed by atoms with Crippen LogP contribution in [0.3, 0.4) is 0 Å². The van der Waals surface area contributed by atoms with Gasteiger partial charge in [0.2, 0.25) is 0 Å². The highest BCUT2D eigenvalue weighted by Gasteiger charge is 2.12. The maximum absolute atomic E-state index is 4.73. The number of aliphatic imine (C=N–C) groups is 1. The molecule has 1 heterocycles. The van der Waals surface area contributed by atoms with Crippen molar-refractivity contribution in [3.05, 3.63) is 0 Å². The fourth-order valence-corrected chi connectivity index (χ4v) is 3.41. The average Bonchev–Trinajstić information content (AvgIpc) is 3.03. The Morgan fingerprint density at radius 1 is 1.04 bits per heavy atom. The summed E-state index contributed by atoms with van der Waals surface area (Å²) < 4.78 is 0. The van der Waals surface area contributed by atoms with E-state index in [1.54, 1.807) is 0 Å². The number of guanidine groups is 1. The lowest BCUT2D eigenvalue weighted by Crippen LogP contribution is -2.39. The molecule has 1 fully saturated rings. The molecule has 0 spiro atoms. The predicted octanol–water partition coefficient (Wildman–Crippen LogP) is 3.15. The summed E-state index contributed by atoms with van der Waals surface area (Å²) in [5, 5.41) is 6.83. The molecule has 1 aliphatic heterocycles. The van der Waals surface area contributed by atoms with Crippen LogP contribution in [-0.2, 0) is 0 Å². The van der Waals surface area contributed by atoms with Gasteiger partial charge in [-0.25, -0.2) is 0 Å². The van der Waals surface area contributed by atoms with Crippen molar-refractivity contribution in [2.45, 2.75) is 72.4 Å². The van der Waals surface area contributed by atoms with Crippen molar-refractivity contribution in [3.8, 4) is 0 Å². The Morgan fingerprint density at radius 3 is 2.24 bits per heavy atom. The van der Waals surface area contributed by atoms with E-state index < -0.39 is 0 Å². The zero-order valence-corrected chi connectivity index (χ0v) is 19.5. The summed E-state index contributed by atoms with van der Waals surface area (Å²) in [4.78, 5) is 9.83. The van der Waals surface area contributed by atoms with E-state index in [-0.39, 0.29) is 24.0 Å². The van der Waals surface area contributed by atoms with Crippen molar-refractivity contribution < 1.29 is 0 Å². The fraction of sp³-hybridized carbons (Fsp3) is 0.947. The van der Waals surface area contributed by atoms with E-state index in [9.17, 15) is 0 Å². The van der Waals surface area contributed by atoms with E-state index in [2.05, 4.69) is 55.1 Å². The summed E-state index contributed by atoms with van der Waals surface area (Å²) in [6.45, 7) is 18.9. The lowest BCUT2D eigenvalue weighted by molar-refractivity contribution is 0.174. The molecule has 5 nitrogen and oxygen atoms in total. The van der Waals surface area contributed by atoms with Crippen molar-refractivity contribution in [1.82, 2.24) is 20.4 Å². The molecule has 2 N–H and O–H groups in total. The van der Waals surface area contributed by atoms with Crippen molar-refractivity contribution in [2.24, 2.45) is 4.99 Å². The molecule has 0 saturated carbocycles. The molecule has 0 aromatic heterocycles. The van der Waals surface area contributed by atoms with Crippen molar-refractivity contribution >= 4 is 29.9 Å². The van der Waals surface area contributed by atoms with E-state index in [1.807, 2.05) is 0 Å². The van der Waals surface area contributed by atoms with Gasteiger partial charge in [0, 0.05) is 38.3 Å². The summed E-state index contributed by atoms with van der Waals surface area (Å²) in [7, 11) is 0. The first-order valence-corrected chi connectivity index (χ1v) is 10.0. The highest BCUT2D eigenvalue weighted by Crippen LogP contribution is 2.07. The van der Waals surface area contributed by atoms with E-state index >= 15 is 0 Å². The molecular weight excluding hydrogens is 425 g/mol. The van der Waals surface area contributed by atoms with Crippen LogP contribution in [0.4, 0.5) is 0 Å². The number of likely N-dealkylation sites (tertiary alicyclic amines) is 1. The molecule has 0 radical (unpaired) electrons. The second-order valence-corrected chi connectivity index (χ2v) is 7.37. The molecule has 0 aliphatic carbocycles. The van der Waals surface area contributed by atoms with Gasteiger partial charge in [-0.05, 0) is 79.9 Å². The number of hydrogen-bond acceptors (Lipinski definition) is 3. The molecule has 150 valence electrons. The van der Waals surface area contributed by atoms with Crippen LogP contribution in [0.2, 0.25) is 0 Å².